The number of nitrogens with two attached hydrogens (primary N) is 1. The van der Waals surface area contributed by atoms with Crippen LogP contribution in [0.3, 0.4) is 0 Å². The average molecular weight is 202 g/mol. The van der Waals surface area contributed by atoms with Crippen LogP contribution in [0.5, 0.6) is 0 Å². The lowest BCUT2D eigenvalue weighted by Crippen LogP contribution is -2.46. The van der Waals surface area contributed by atoms with Crippen LogP contribution in [0.1, 0.15) is 27.2 Å². The maximum Gasteiger partial charge on any atom is 0.340 e. The second kappa shape index (κ2) is 3.49. The van der Waals surface area contributed by atoms with E-state index in [1.54, 1.807) is 20.8 Å². The molecular formula is C9H18N2O3. The fourth-order valence-electron chi connectivity index (χ4n) is 1.36. The van der Waals surface area contributed by atoms with Gasteiger partial charge in [-0.1, -0.05) is 0 Å². The fourth-order valence-corrected chi connectivity index (χ4v) is 1.36. The number of hydrogen-bond donors (Lipinski definition) is 2. The molecule has 5 heteroatoms. The minimum atomic E-state index is -1.43. The highest BCUT2D eigenvalue weighted by Crippen LogP contribution is 2.23. The number of rotatable bonds is 1. The summed E-state index contributed by atoms with van der Waals surface area (Å²) < 4.78 is 5.10. The zero-order valence-corrected chi connectivity index (χ0v) is 8.91. The predicted molar refractivity (Wildman–Crippen MR) is 51.2 cm³/mol. The SMILES string of the molecule is CC(C)(C)OC(=O)C1(O)CCN(N)C1. The monoisotopic (exact) mass is 202 g/mol. The lowest BCUT2D eigenvalue weighted by molar-refractivity contribution is -0.175. The fraction of sp³-hybridized carbons (Fsp3) is 0.889. The Morgan fingerprint density at radius 2 is 2.14 bits per heavy atom. The molecule has 14 heavy (non-hydrogen) atoms. The van der Waals surface area contributed by atoms with Gasteiger partial charge in [-0.3, -0.25) is 5.84 Å². The maximum atomic E-state index is 11.6. The average Bonchev–Trinajstić information content (AvgIpc) is 2.29. The molecule has 0 bridgehead atoms. The van der Waals surface area contributed by atoms with Crippen molar-refractivity contribution >= 4 is 5.97 Å². The van der Waals surface area contributed by atoms with E-state index in [1.807, 2.05) is 0 Å². The highest BCUT2D eigenvalue weighted by molar-refractivity contribution is 5.80. The van der Waals surface area contributed by atoms with Gasteiger partial charge in [0, 0.05) is 13.0 Å². The Balaban J connectivity index is 2.61. The van der Waals surface area contributed by atoms with Crippen LogP contribution < -0.4 is 5.84 Å². The molecule has 1 aliphatic heterocycles. The molecule has 1 rings (SSSR count). The summed E-state index contributed by atoms with van der Waals surface area (Å²) in [7, 11) is 0. The van der Waals surface area contributed by atoms with Crippen molar-refractivity contribution in [3.05, 3.63) is 0 Å². The van der Waals surface area contributed by atoms with Crippen molar-refractivity contribution < 1.29 is 14.6 Å². The Morgan fingerprint density at radius 1 is 1.57 bits per heavy atom. The molecule has 1 atom stereocenters. The molecule has 1 fully saturated rings. The Morgan fingerprint density at radius 3 is 2.50 bits per heavy atom. The zero-order chi connectivity index (χ0) is 11.0. The Bertz CT molecular complexity index is 237. The first-order valence-electron chi connectivity index (χ1n) is 4.68. The summed E-state index contributed by atoms with van der Waals surface area (Å²) in [4.78, 5) is 11.6. The van der Waals surface area contributed by atoms with Crippen LogP contribution in [-0.4, -0.2) is 40.4 Å². The van der Waals surface area contributed by atoms with Crippen LogP contribution in [0, 0.1) is 0 Å². The van der Waals surface area contributed by atoms with Gasteiger partial charge in [0.15, 0.2) is 5.60 Å². The van der Waals surface area contributed by atoms with Gasteiger partial charge in [-0.15, -0.1) is 0 Å². The molecule has 0 aromatic heterocycles. The van der Waals surface area contributed by atoms with Gasteiger partial charge >= 0.3 is 5.97 Å². The van der Waals surface area contributed by atoms with Gasteiger partial charge in [0.1, 0.15) is 5.60 Å². The molecule has 1 saturated heterocycles. The van der Waals surface area contributed by atoms with Gasteiger partial charge in [-0.2, -0.15) is 0 Å². The summed E-state index contributed by atoms with van der Waals surface area (Å²) in [5.41, 5.74) is -2.00. The summed E-state index contributed by atoms with van der Waals surface area (Å²) in [6.07, 6.45) is 0.332. The third-order valence-electron chi connectivity index (χ3n) is 2.06. The standard InChI is InChI=1S/C9H18N2O3/c1-8(2,3)14-7(12)9(13)4-5-11(10)6-9/h13H,4-6,10H2,1-3H3. The number of aliphatic hydroxyl groups is 1. The number of ether oxygens (including phenoxy) is 1. The van der Waals surface area contributed by atoms with E-state index < -0.39 is 17.2 Å². The molecule has 0 amide bonds. The Labute approximate surface area is 83.8 Å². The minimum Gasteiger partial charge on any atom is -0.458 e. The number of β-amino-alcohol motifs (C(OH)–C–C–N with tert-alkyl or cyclic N) is 1. The van der Waals surface area contributed by atoms with E-state index in [4.69, 9.17) is 10.6 Å². The van der Waals surface area contributed by atoms with Crippen molar-refractivity contribution in [3.63, 3.8) is 0 Å². The van der Waals surface area contributed by atoms with Crippen LogP contribution in [0.25, 0.3) is 0 Å². The first-order chi connectivity index (χ1) is 6.23. The van der Waals surface area contributed by atoms with Crippen LogP contribution in [0.4, 0.5) is 0 Å². The molecule has 1 aliphatic rings. The Hall–Kier alpha value is -0.650. The summed E-state index contributed by atoms with van der Waals surface area (Å²) in [5, 5.41) is 11.3. The topological polar surface area (TPSA) is 75.8 Å². The molecule has 0 saturated carbocycles. The van der Waals surface area contributed by atoms with Gasteiger partial charge in [-0.25, -0.2) is 9.80 Å². The van der Waals surface area contributed by atoms with E-state index in [1.165, 1.54) is 5.01 Å². The highest BCUT2D eigenvalue weighted by atomic mass is 16.6. The van der Waals surface area contributed by atoms with Crippen molar-refractivity contribution in [2.75, 3.05) is 13.1 Å². The van der Waals surface area contributed by atoms with E-state index in [0.717, 1.165) is 0 Å². The molecule has 0 aromatic carbocycles. The minimum absolute atomic E-state index is 0.141. The third kappa shape index (κ3) is 2.67. The van der Waals surface area contributed by atoms with Gasteiger partial charge in [0.2, 0.25) is 0 Å². The van der Waals surface area contributed by atoms with E-state index in [2.05, 4.69) is 0 Å². The van der Waals surface area contributed by atoms with Crippen LogP contribution in [0.2, 0.25) is 0 Å². The maximum absolute atomic E-state index is 11.6. The van der Waals surface area contributed by atoms with Crippen LogP contribution in [0.15, 0.2) is 0 Å². The van der Waals surface area contributed by atoms with E-state index in [-0.39, 0.29) is 6.54 Å². The largest absolute Gasteiger partial charge is 0.458 e. The molecule has 3 N–H and O–H groups in total. The van der Waals surface area contributed by atoms with E-state index >= 15 is 0 Å². The first-order valence-corrected chi connectivity index (χ1v) is 4.68. The van der Waals surface area contributed by atoms with Crippen molar-refractivity contribution in [1.29, 1.82) is 0 Å². The van der Waals surface area contributed by atoms with Crippen molar-refractivity contribution in [1.82, 2.24) is 5.01 Å². The Kier molecular flexibility index (Phi) is 2.85. The number of carbonyl (C=O) groups is 1. The van der Waals surface area contributed by atoms with Crippen molar-refractivity contribution in [3.8, 4) is 0 Å². The number of hydrogen-bond acceptors (Lipinski definition) is 5. The molecular weight excluding hydrogens is 184 g/mol. The smallest absolute Gasteiger partial charge is 0.340 e. The van der Waals surface area contributed by atoms with Crippen LogP contribution >= 0.6 is 0 Å². The lowest BCUT2D eigenvalue weighted by atomic mass is 10.0. The summed E-state index contributed by atoms with van der Waals surface area (Å²) in [6.45, 7) is 5.95. The van der Waals surface area contributed by atoms with Crippen LogP contribution in [-0.2, 0) is 9.53 Å². The molecule has 0 spiro atoms. The predicted octanol–water partition coefficient (Wildman–Crippen LogP) is -0.361. The number of carbonyl (C=O) groups excluding carboxylic acids is 1. The highest BCUT2D eigenvalue weighted by Gasteiger charge is 2.44. The van der Waals surface area contributed by atoms with Crippen molar-refractivity contribution in [2.24, 2.45) is 5.84 Å². The molecule has 0 aliphatic carbocycles. The van der Waals surface area contributed by atoms with Gasteiger partial charge < -0.3 is 9.84 Å². The van der Waals surface area contributed by atoms with E-state index in [0.29, 0.717) is 13.0 Å². The second-order valence-electron chi connectivity index (χ2n) is 4.75. The zero-order valence-electron chi connectivity index (χ0n) is 8.91. The lowest BCUT2D eigenvalue weighted by Gasteiger charge is -2.26. The van der Waals surface area contributed by atoms with Gasteiger partial charge in [0.05, 0.1) is 6.54 Å². The normalized spacial score (nSPS) is 29.2. The quantitative estimate of drug-likeness (QED) is 0.448. The molecule has 82 valence electrons. The van der Waals surface area contributed by atoms with Gasteiger partial charge in [0.25, 0.3) is 0 Å². The van der Waals surface area contributed by atoms with E-state index in [9.17, 15) is 9.90 Å². The molecule has 0 aromatic rings. The van der Waals surface area contributed by atoms with Gasteiger partial charge in [-0.05, 0) is 20.8 Å². The number of nitrogens with zero attached hydrogens (tertiary/aromatic N) is 1. The summed E-state index contributed by atoms with van der Waals surface area (Å²) >= 11 is 0. The number of esters is 1. The summed E-state index contributed by atoms with van der Waals surface area (Å²) in [5.74, 6) is 4.89. The van der Waals surface area contributed by atoms with Crippen molar-refractivity contribution in [2.45, 2.75) is 38.4 Å². The molecule has 5 nitrogen and oxygen atoms in total. The molecule has 1 unspecified atom stereocenters. The molecule has 0 radical (unpaired) electrons. The molecule has 1 heterocycles. The summed E-state index contributed by atoms with van der Waals surface area (Å²) in [6, 6.07) is 0. The second-order valence-corrected chi connectivity index (χ2v) is 4.75. The third-order valence-corrected chi connectivity index (χ3v) is 2.06. The first kappa shape index (κ1) is 11.4. The number of hydrazine groups is 1.